The van der Waals surface area contributed by atoms with Crippen molar-refractivity contribution in [1.29, 1.82) is 0 Å². The molecule has 0 aromatic heterocycles. The maximum absolute atomic E-state index is 12.5. The summed E-state index contributed by atoms with van der Waals surface area (Å²) in [6.07, 6.45) is 0.673. The Morgan fingerprint density at radius 2 is 1.96 bits per heavy atom. The molecule has 2 aromatic carbocycles. The minimum Gasteiger partial charge on any atom is -0.368 e. The van der Waals surface area contributed by atoms with Crippen LogP contribution >= 0.6 is 11.8 Å². The van der Waals surface area contributed by atoms with Gasteiger partial charge in [0, 0.05) is 4.90 Å². The van der Waals surface area contributed by atoms with Crippen LogP contribution in [0.5, 0.6) is 0 Å². The lowest BCUT2D eigenvalue weighted by Gasteiger charge is -2.18. The number of aryl methyl sites for hydroxylation is 1. The van der Waals surface area contributed by atoms with Crippen LogP contribution in [0.2, 0.25) is 0 Å². The average molecular weight is 326 g/mol. The maximum Gasteiger partial charge on any atom is 0.244 e. The zero-order valence-corrected chi connectivity index (χ0v) is 13.6. The van der Waals surface area contributed by atoms with Gasteiger partial charge in [-0.1, -0.05) is 48.0 Å². The molecule has 3 rings (SSSR count). The van der Waals surface area contributed by atoms with Gasteiger partial charge in [-0.15, -0.1) is 11.8 Å². The first kappa shape index (κ1) is 15.6. The molecule has 2 amide bonds. The van der Waals surface area contributed by atoms with Gasteiger partial charge in [0.2, 0.25) is 11.8 Å². The zero-order valence-electron chi connectivity index (χ0n) is 12.8. The Labute approximate surface area is 139 Å². The van der Waals surface area contributed by atoms with Gasteiger partial charge in [0.05, 0.1) is 5.25 Å². The lowest BCUT2D eigenvalue weighted by molar-refractivity contribution is -0.127. The second-order valence-corrected chi connectivity index (χ2v) is 6.92. The van der Waals surface area contributed by atoms with Gasteiger partial charge in [0.15, 0.2) is 0 Å². The molecule has 1 heterocycles. The number of nitrogens with one attached hydrogen (secondary N) is 1. The third-order valence-electron chi connectivity index (χ3n) is 3.89. The molecule has 0 fully saturated rings. The molecule has 2 unspecified atom stereocenters. The van der Waals surface area contributed by atoms with E-state index in [0.717, 1.165) is 4.90 Å². The molecule has 2 aromatic rings. The van der Waals surface area contributed by atoms with Crippen LogP contribution in [0.4, 0.5) is 0 Å². The normalized spacial score (nSPS) is 17.3. The fraction of sp³-hybridized carbons (Fsp3) is 0.222. The summed E-state index contributed by atoms with van der Waals surface area (Å²) in [7, 11) is 0. The number of amides is 2. The van der Waals surface area contributed by atoms with Crippen molar-refractivity contribution in [2.45, 2.75) is 29.5 Å². The van der Waals surface area contributed by atoms with Crippen molar-refractivity contribution in [3.05, 3.63) is 65.2 Å². The monoisotopic (exact) mass is 326 g/mol. The van der Waals surface area contributed by atoms with Crippen LogP contribution in [-0.4, -0.2) is 17.1 Å². The number of hydrogen-bond donors (Lipinski definition) is 2. The summed E-state index contributed by atoms with van der Waals surface area (Å²) in [5.41, 5.74) is 8.51. The zero-order chi connectivity index (χ0) is 16.4. The molecule has 0 spiro atoms. The summed E-state index contributed by atoms with van der Waals surface area (Å²) in [5.74, 6) is -0.711. The summed E-state index contributed by atoms with van der Waals surface area (Å²) in [6.45, 7) is 2.03. The van der Waals surface area contributed by atoms with Crippen molar-refractivity contribution in [2.24, 2.45) is 5.73 Å². The third kappa shape index (κ3) is 3.40. The minimum atomic E-state index is -0.797. The molecule has 4 nitrogen and oxygen atoms in total. The summed E-state index contributed by atoms with van der Waals surface area (Å²) in [4.78, 5) is 25.4. The largest absolute Gasteiger partial charge is 0.368 e. The van der Waals surface area contributed by atoms with Crippen molar-refractivity contribution in [2.75, 3.05) is 0 Å². The Hall–Kier alpha value is -2.27. The van der Waals surface area contributed by atoms with Crippen LogP contribution in [-0.2, 0) is 16.0 Å². The van der Waals surface area contributed by atoms with E-state index in [1.165, 1.54) is 11.1 Å². The second kappa shape index (κ2) is 6.46. The van der Waals surface area contributed by atoms with Crippen molar-refractivity contribution >= 4 is 23.6 Å². The molecule has 0 aliphatic carbocycles. The number of primary amides is 1. The fourth-order valence-corrected chi connectivity index (χ4v) is 3.98. The third-order valence-corrected chi connectivity index (χ3v) is 5.19. The molecule has 3 N–H and O–H groups in total. The Balaban J connectivity index is 1.73. The van der Waals surface area contributed by atoms with E-state index in [-0.39, 0.29) is 11.2 Å². The Morgan fingerprint density at radius 1 is 1.22 bits per heavy atom. The predicted molar refractivity (Wildman–Crippen MR) is 91.0 cm³/mol. The van der Waals surface area contributed by atoms with Crippen LogP contribution in [0.25, 0.3) is 0 Å². The van der Waals surface area contributed by atoms with E-state index >= 15 is 0 Å². The molecule has 23 heavy (non-hydrogen) atoms. The van der Waals surface area contributed by atoms with Crippen LogP contribution in [0.3, 0.4) is 0 Å². The molecule has 1 aliphatic rings. The number of fused-ring (bicyclic) bond motifs is 1. The highest BCUT2D eigenvalue weighted by Crippen LogP contribution is 2.37. The van der Waals surface area contributed by atoms with Crippen molar-refractivity contribution in [3.63, 3.8) is 0 Å². The molecule has 0 saturated heterocycles. The second-order valence-electron chi connectivity index (χ2n) is 5.68. The van der Waals surface area contributed by atoms with E-state index in [9.17, 15) is 9.59 Å². The van der Waals surface area contributed by atoms with Crippen LogP contribution in [0.15, 0.2) is 53.4 Å². The van der Waals surface area contributed by atoms with Gasteiger partial charge in [-0.3, -0.25) is 9.59 Å². The summed E-state index contributed by atoms with van der Waals surface area (Å²) >= 11 is 1.54. The highest BCUT2D eigenvalue weighted by Gasteiger charge is 2.31. The van der Waals surface area contributed by atoms with Crippen LogP contribution in [0.1, 0.15) is 22.7 Å². The van der Waals surface area contributed by atoms with E-state index in [4.69, 9.17) is 5.73 Å². The molecule has 5 heteroatoms. The van der Waals surface area contributed by atoms with Crippen molar-refractivity contribution in [1.82, 2.24) is 5.32 Å². The molecule has 0 radical (unpaired) electrons. The number of benzene rings is 2. The maximum atomic E-state index is 12.5. The lowest BCUT2D eigenvalue weighted by Crippen LogP contribution is -2.41. The molecule has 0 saturated carbocycles. The SMILES string of the molecule is Cc1ccc2c(c1)SC(C(=O)NC(C(N)=O)c1ccccc1)C2. The van der Waals surface area contributed by atoms with E-state index in [2.05, 4.69) is 23.5 Å². The summed E-state index contributed by atoms with van der Waals surface area (Å²) < 4.78 is 0. The Morgan fingerprint density at radius 3 is 2.65 bits per heavy atom. The lowest BCUT2D eigenvalue weighted by atomic mass is 10.0. The Bertz CT molecular complexity index is 746. The van der Waals surface area contributed by atoms with Gasteiger partial charge in [-0.25, -0.2) is 0 Å². The predicted octanol–water partition coefficient (Wildman–Crippen LogP) is 2.35. The number of nitrogens with two attached hydrogens (primary N) is 1. The molecule has 2 atom stereocenters. The number of carbonyl (C=O) groups excluding carboxylic acids is 2. The highest BCUT2D eigenvalue weighted by atomic mass is 32.2. The number of carbonyl (C=O) groups is 2. The summed E-state index contributed by atoms with van der Waals surface area (Å²) in [6, 6.07) is 14.5. The number of hydrogen-bond acceptors (Lipinski definition) is 3. The van der Waals surface area contributed by atoms with Gasteiger partial charge in [0.1, 0.15) is 6.04 Å². The van der Waals surface area contributed by atoms with Gasteiger partial charge in [-0.2, -0.15) is 0 Å². The van der Waals surface area contributed by atoms with Crippen LogP contribution in [0, 0.1) is 6.92 Å². The van der Waals surface area contributed by atoms with Crippen LogP contribution < -0.4 is 11.1 Å². The van der Waals surface area contributed by atoms with E-state index in [1.807, 2.05) is 25.1 Å². The van der Waals surface area contributed by atoms with Crippen molar-refractivity contribution in [3.8, 4) is 0 Å². The van der Waals surface area contributed by atoms with Gasteiger partial charge in [-0.05, 0) is 30.5 Å². The Kier molecular flexibility index (Phi) is 4.39. The first-order valence-corrected chi connectivity index (χ1v) is 8.33. The molecular weight excluding hydrogens is 308 g/mol. The van der Waals surface area contributed by atoms with Gasteiger partial charge in [0.25, 0.3) is 0 Å². The topological polar surface area (TPSA) is 72.2 Å². The summed E-state index contributed by atoms with van der Waals surface area (Å²) in [5, 5.41) is 2.57. The fourth-order valence-electron chi connectivity index (χ4n) is 2.68. The molecular formula is C18H18N2O2S. The van der Waals surface area contributed by atoms with Crippen molar-refractivity contribution < 1.29 is 9.59 Å². The highest BCUT2D eigenvalue weighted by molar-refractivity contribution is 8.01. The van der Waals surface area contributed by atoms with Gasteiger partial charge >= 0.3 is 0 Å². The van der Waals surface area contributed by atoms with E-state index < -0.39 is 11.9 Å². The minimum absolute atomic E-state index is 0.156. The average Bonchev–Trinajstić information content (AvgIpc) is 2.96. The van der Waals surface area contributed by atoms with E-state index in [1.54, 1.807) is 23.9 Å². The van der Waals surface area contributed by atoms with Gasteiger partial charge < -0.3 is 11.1 Å². The number of rotatable bonds is 4. The first-order chi connectivity index (χ1) is 11.0. The first-order valence-electron chi connectivity index (χ1n) is 7.45. The molecule has 1 aliphatic heterocycles. The smallest absolute Gasteiger partial charge is 0.244 e. The molecule has 0 bridgehead atoms. The molecule has 118 valence electrons. The quantitative estimate of drug-likeness (QED) is 0.906. The number of thioether (sulfide) groups is 1. The standard InChI is InChI=1S/C18H18N2O2S/c1-11-7-8-13-10-15(23-14(13)9-11)18(22)20-16(17(19)21)12-5-3-2-4-6-12/h2-9,15-16H,10H2,1H3,(H2,19,21)(H,20,22). The van der Waals surface area contributed by atoms with E-state index in [0.29, 0.717) is 12.0 Å².